The molecule has 1 fully saturated rings. The molecule has 0 amide bonds. The molecule has 1 aromatic carbocycles. The van der Waals surface area contributed by atoms with Gasteiger partial charge in [0.2, 0.25) is 16.0 Å². The molecule has 1 aliphatic rings. The molecular weight excluding hydrogens is 458 g/mol. The molecule has 0 radical (unpaired) electrons. The van der Waals surface area contributed by atoms with Crippen molar-refractivity contribution in [1.29, 1.82) is 0 Å². The second kappa shape index (κ2) is 9.73. The van der Waals surface area contributed by atoms with Gasteiger partial charge >= 0.3 is 0 Å². The molecule has 0 saturated carbocycles. The first-order chi connectivity index (χ1) is 13.9. The Labute approximate surface area is 180 Å². The molecule has 1 saturated heterocycles. The minimum atomic E-state index is -3.71. The van der Waals surface area contributed by atoms with Crippen LogP contribution in [0.1, 0.15) is 25.5 Å². The fourth-order valence-electron chi connectivity index (χ4n) is 3.14. The molecule has 0 bridgehead atoms. The number of anilines is 2. The third kappa shape index (κ3) is 5.80. The average molecular weight is 484 g/mol. The molecule has 1 aromatic heterocycles. The highest BCUT2D eigenvalue weighted by Crippen LogP contribution is 2.27. The molecule has 2 heterocycles. The molecule has 158 valence electrons. The van der Waals surface area contributed by atoms with Gasteiger partial charge in [0.05, 0.1) is 6.61 Å². The number of rotatable bonds is 9. The Morgan fingerprint density at radius 3 is 2.66 bits per heavy atom. The largest absolute Gasteiger partial charge is 0.492 e. The van der Waals surface area contributed by atoms with Crippen LogP contribution in [0.5, 0.6) is 5.75 Å². The van der Waals surface area contributed by atoms with Crippen LogP contribution in [-0.4, -0.2) is 51.2 Å². The summed E-state index contributed by atoms with van der Waals surface area (Å²) in [6.07, 6.45) is 2.35. The van der Waals surface area contributed by atoms with Crippen LogP contribution in [-0.2, 0) is 10.0 Å². The summed E-state index contributed by atoms with van der Waals surface area (Å²) in [5.41, 5.74) is 0.875. The molecule has 29 heavy (non-hydrogen) atoms. The van der Waals surface area contributed by atoms with E-state index in [0.29, 0.717) is 29.3 Å². The fraction of sp³-hybridized carbons (Fsp3) is 0.474. The topological polar surface area (TPSA) is 96.5 Å². The van der Waals surface area contributed by atoms with E-state index in [2.05, 4.69) is 40.8 Å². The number of nitrogens with zero attached hydrogens (tertiary/aromatic N) is 3. The summed E-state index contributed by atoms with van der Waals surface area (Å²) in [7, 11) is -3.71. The van der Waals surface area contributed by atoms with Crippen molar-refractivity contribution in [3.63, 3.8) is 0 Å². The first-order valence-electron chi connectivity index (χ1n) is 9.65. The van der Waals surface area contributed by atoms with Crippen molar-refractivity contribution in [3.05, 3.63) is 34.4 Å². The lowest BCUT2D eigenvalue weighted by Crippen LogP contribution is -2.29. The molecule has 0 atom stereocenters. The van der Waals surface area contributed by atoms with E-state index in [9.17, 15) is 8.42 Å². The molecule has 0 unspecified atom stereocenters. The van der Waals surface area contributed by atoms with Crippen LogP contribution >= 0.6 is 15.9 Å². The minimum Gasteiger partial charge on any atom is -0.492 e. The Hall–Kier alpha value is -1.91. The van der Waals surface area contributed by atoms with Crippen LogP contribution in [0.2, 0.25) is 0 Å². The van der Waals surface area contributed by atoms with Crippen molar-refractivity contribution in [2.75, 3.05) is 43.0 Å². The summed E-state index contributed by atoms with van der Waals surface area (Å²) >= 11 is 3.31. The van der Waals surface area contributed by atoms with Gasteiger partial charge < -0.3 is 15.0 Å². The summed E-state index contributed by atoms with van der Waals surface area (Å²) in [4.78, 5) is 11.3. The van der Waals surface area contributed by atoms with Gasteiger partial charge in [-0.05, 0) is 44.9 Å². The van der Waals surface area contributed by atoms with E-state index in [1.54, 1.807) is 12.1 Å². The number of nitrogens with one attached hydrogen (secondary N) is 2. The monoisotopic (exact) mass is 483 g/mol. The maximum absolute atomic E-state index is 12.7. The SMILES string of the molecule is CCOc1ccc(Br)cc1S(=O)(=O)NCCNc1nc(C)cc(N2CCCC2)n1. The summed E-state index contributed by atoms with van der Waals surface area (Å²) in [6.45, 7) is 6.69. The van der Waals surface area contributed by atoms with E-state index in [1.807, 2.05) is 19.9 Å². The lowest BCUT2D eigenvalue weighted by atomic mass is 10.3. The fourth-order valence-corrected chi connectivity index (χ4v) is 4.86. The van der Waals surface area contributed by atoms with E-state index in [1.165, 1.54) is 18.9 Å². The molecular formula is C19H26BrN5O3S. The zero-order valence-electron chi connectivity index (χ0n) is 16.6. The van der Waals surface area contributed by atoms with Crippen molar-refractivity contribution < 1.29 is 13.2 Å². The molecule has 2 aromatic rings. The van der Waals surface area contributed by atoms with E-state index in [4.69, 9.17) is 4.74 Å². The van der Waals surface area contributed by atoms with Crippen LogP contribution < -0.4 is 19.7 Å². The van der Waals surface area contributed by atoms with Gasteiger partial charge in [-0.15, -0.1) is 0 Å². The Balaban J connectivity index is 1.61. The zero-order valence-corrected chi connectivity index (χ0v) is 19.0. The van der Waals surface area contributed by atoms with Gasteiger partial charge in [0, 0.05) is 42.4 Å². The van der Waals surface area contributed by atoms with Crippen molar-refractivity contribution in [2.24, 2.45) is 0 Å². The summed E-state index contributed by atoms with van der Waals surface area (Å²) in [5, 5.41) is 3.11. The zero-order chi connectivity index (χ0) is 20.9. The number of halogens is 1. The minimum absolute atomic E-state index is 0.108. The van der Waals surface area contributed by atoms with Gasteiger partial charge in [-0.2, -0.15) is 4.98 Å². The highest BCUT2D eigenvalue weighted by atomic mass is 79.9. The highest BCUT2D eigenvalue weighted by molar-refractivity contribution is 9.10. The van der Waals surface area contributed by atoms with Crippen molar-refractivity contribution in [1.82, 2.24) is 14.7 Å². The Morgan fingerprint density at radius 2 is 1.93 bits per heavy atom. The standard InChI is InChI=1S/C19H26BrN5O3S/c1-3-28-16-7-6-15(20)13-17(16)29(26,27)22-9-8-21-19-23-14(2)12-18(24-19)25-10-4-5-11-25/h6-7,12-13,22H,3-5,8-11H2,1-2H3,(H,21,23,24). The number of aryl methyl sites for hydroxylation is 1. The predicted octanol–water partition coefficient (Wildman–Crippen LogP) is 2.94. The first kappa shape index (κ1) is 21.8. The maximum Gasteiger partial charge on any atom is 0.244 e. The van der Waals surface area contributed by atoms with Crippen molar-refractivity contribution in [2.45, 2.75) is 31.6 Å². The number of hydrogen-bond acceptors (Lipinski definition) is 7. The van der Waals surface area contributed by atoms with Crippen LogP contribution in [0.4, 0.5) is 11.8 Å². The molecule has 0 aliphatic carbocycles. The smallest absolute Gasteiger partial charge is 0.244 e. The Kier molecular flexibility index (Phi) is 7.31. The lowest BCUT2D eigenvalue weighted by molar-refractivity contribution is 0.331. The predicted molar refractivity (Wildman–Crippen MR) is 117 cm³/mol. The normalized spacial score (nSPS) is 14.2. The van der Waals surface area contributed by atoms with Gasteiger partial charge in [-0.1, -0.05) is 15.9 Å². The molecule has 10 heteroatoms. The van der Waals surface area contributed by atoms with Gasteiger partial charge in [0.1, 0.15) is 16.5 Å². The van der Waals surface area contributed by atoms with E-state index in [0.717, 1.165) is 24.6 Å². The number of benzene rings is 1. The maximum atomic E-state index is 12.7. The van der Waals surface area contributed by atoms with Crippen molar-refractivity contribution in [3.8, 4) is 5.75 Å². The number of ether oxygens (including phenoxy) is 1. The van der Waals surface area contributed by atoms with Gasteiger partial charge in [-0.3, -0.25) is 0 Å². The van der Waals surface area contributed by atoms with Crippen LogP contribution in [0.3, 0.4) is 0 Å². The van der Waals surface area contributed by atoms with Crippen LogP contribution in [0.15, 0.2) is 33.6 Å². The number of aromatic nitrogens is 2. The highest BCUT2D eigenvalue weighted by Gasteiger charge is 2.20. The summed E-state index contributed by atoms with van der Waals surface area (Å²) in [6, 6.07) is 6.90. The Bertz CT molecular complexity index is 949. The molecule has 2 N–H and O–H groups in total. The second-order valence-corrected chi connectivity index (χ2v) is 9.38. The van der Waals surface area contributed by atoms with Crippen molar-refractivity contribution >= 4 is 37.7 Å². The quantitative estimate of drug-likeness (QED) is 0.529. The summed E-state index contributed by atoms with van der Waals surface area (Å²) < 4.78 is 34.1. The second-order valence-electron chi connectivity index (χ2n) is 6.73. The van der Waals surface area contributed by atoms with E-state index in [-0.39, 0.29) is 11.4 Å². The third-order valence-electron chi connectivity index (χ3n) is 4.47. The average Bonchev–Trinajstić information content (AvgIpc) is 3.21. The van der Waals surface area contributed by atoms with Crippen LogP contribution in [0.25, 0.3) is 0 Å². The van der Waals surface area contributed by atoms with E-state index >= 15 is 0 Å². The van der Waals surface area contributed by atoms with Gasteiger partial charge in [0.25, 0.3) is 0 Å². The molecule has 8 nitrogen and oxygen atoms in total. The first-order valence-corrected chi connectivity index (χ1v) is 11.9. The third-order valence-corrected chi connectivity index (χ3v) is 6.44. The lowest BCUT2D eigenvalue weighted by Gasteiger charge is -2.18. The van der Waals surface area contributed by atoms with E-state index < -0.39 is 10.0 Å². The van der Waals surface area contributed by atoms with Gasteiger partial charge in [0.15, 0.2) is 0 Å². The Morgan fingerprint density at radius 1 is 1.17 bits per heavy atom. The molecule has 3 rings (SSSR count). The van der Waals surface area contributed by atoms with Gasteiger partial charge in [-0.25, -0.2) is 18.1 Å². The molecule has 1 aliphatic heterocycles. The summed E-state index contributed by atoms with van der Waals surface area (Å²) in [5.74, 6) is 1.74. The van der Waals surface area contributed by atoms with Crippen LogP contribution in [0, 0.1) is 6.92 Å². The number of hydrogen-bond donors (Lipinski definition) is 2. The number of sulfonamides is 1. The molecule has 0 spiro atoms.